The van der Waals surface area contributed by atoms with Gasteiger partial charge in [-0.2, -0.15) is 0 Å². The number of carbonyl (C=O) groups is 2. The van der Waals surface area contributed by atoms with Gasteiger partial charge in [-0.3, -0.25) is 9.59 Å². The van der Waals surface area contributed by atoms with Crippen LogP contribution in [0.4, 0.5) is 17.1 Å². The van der Waals surface area contributed by atoms with Gasteiger partial charge in [-0.05, 0) is 61.0 Å². The molecule has 31 heavy (non-hydrogen) atoms. The first-order chi connectivity index (χ1) is 15.0. The first-order valence-electron chi connectivity index (χ1n) is 9.98. The molecule has 3 aromatic rings. The molecule has 0 bridgehead atoms. The van der Waals surface area contributed by atoms with E-state index in [1.807, 2.05) is 54.6 Å². The predicted octanol–water partition coefficient (Wildman–Crippen LogP) is 3.28. The Balaban J connectivity index is 1.64. The molecule has 0 aliphatic carbocycles. The zero-order valence-electron chi connectivity index (χ0n) is 16.8. The molecule has 4 N–H and O–H groups in total. The number of para-hydroxylation sites is 1. The second-order valence-corrected chi connectivity index (χ2v) is 7.28. The molecule has 2 unspecified atom stereocenters. The summed E-state index contributed by atoms with van der Waals surface area (Å²) in [6.07, 6.45) is -0.600. The number of anilines is 3. The van der Waals surface area contributed by atoms with Gasteiger partial charge in [0.1, 0.15) is 0 Å². The lowest BCUT2D eigenvalue weighted by Crippen LogP contribution is -2.45. The fraction of sp³-hybridized carbons (Fsp3) is 0.167. The van der Waals surface area contributed by atoms with Crippen molar-refractivity contribution >= 4 is 28.9 Å². The third-order valence-electron chi connectivity index (χ3n) is 5.18. The maximum absolute atomic E-state index is 13.4. The van der Waals surface area contributed by atoms with E-state index in [2.05, 4.69) is 5.32 Å². The number of benzene rings is 3. The van der Waals surface area contributed by atoms with E-state index in [0.29, 0.717) is 24.3 Å². The minimum atomic E-state index is -1.09. The fourth-order valence-corrected chi connectivity index (χ4v) is 3.62. The van der Waals surface area contributed by atoms with Crippen LogP contribution in [0.3, 0.4) is 0 Å². The highest BCUT2D eigenvalue weighted by molar-refractivity contribution is 6.08. The first kappa shape index (κ1) is 20.6. The number of nitrogens with two attached hydrogens (primary N) is 1. The number of hydrogen-bond acceptors (Lipinski definition) is 5. The number of amides is 2. The van der Waals surface area contributed by atoms with Gasteiger partial charge in [-0.15, -0.1) is 0 Å². The molecule has 4 rings (SSSR count). The largest absolute Gasteiger partial charge is 0.366 e. The molecule has 1 heterocycles. The molecule has 1 saturated heterocycles. The van der Waals surface area contributed by atoms with Gasteiger partial charge < -0.3 is 25.8 Å². The summed E-state index contributed by atoms with van der Waals surface area (Å²) in [5.74, 6) is -0.955. The average Bonchev–Trinajstić information content (AvgIpc) is 3.21. The van der Waals surface area contributed by atoms with E-state index in [0.717, 1.165) is 11.4 Å². The molecule has 1 fully saturated rings. The van der Waals surface area contributed by atoms with Gasteiger partial charge in [0.2, 0.25) is 5.91 Å². The maximum atomic E-state index is 13.4. The summed E-state index contributed by atoms with van der Waals surface area (Å²) in [6, 6.07) is 22.8. The summed E-state index contributed by atoms with van der Waals surface area (Å²) in [6.45, 7) is 0.352. The van der Waals surface area contributed by atoms with Crippen molar-refractivity contribution in [1.82, 2.24) is 0 Å². The van der Waals surface area contributed by atoms with Crippen LogP contribution in [-0.4, -0.2) is 35.9 Å². The Morgan fingerprint density at radius 3 is 2.26 bits per heavy atom. The number of ether oxygens (including phenoxy) is 1. The lowest BCUT2D eigenvalue weighted by Gasteiger charge is -2.30. The molecular formula is C24H23N3O4. The lowest BCUT2D eigenvalue weighted by atomic mass is 10.1. The number of rotatable bonds is 6. The van der Waals surface area contributed by atoms with Gasteiger partial charge >= 0.3 is 0 Å². The molecule has 1 aliphatic heterocycles. The van der Waals surface area contributed by atoms with Crippen molar-refractivity contribution < 1.29 is 19.4 Å². The van der Waals surface area contributed by atoms with E-state index in [1.165, 1.54) is 11.0 Å². The third-order valence-corrected chi connectivity index (χ3v) is 5.18. The van der Waals surface area contributed by atoms with E-state index < -0.39 is 18.2 Å². The smallest absolute Gasteiger partial charge is 0.258 e. The minimum Gasteiger partial charge on any atom is -0.366 e. The van der Waals surface area contributed by atoms with Crippen molar-refractivity contribution in [2.24, 2.45) is 5.73 Å². The number of nitrogens with zero attached hydrogens (tertiary/aromatic N) is 1. The van der Waals surface area contributed by atoms with Crippen molar-refractivity contribution in [3.8, 4) is 0 Å². The Bertz CT molecular complexity index is 1070. The normalized spacial score (nSPS) is 17.8. The SMILES string of the molecule is NC(=O)c1cccc(C(=O)N(c2ccc(Nc3ccccc3)cc2)C2CCOC2O)c1. The second-order valence-electron chi connectivity index (χ2n) is 7.28. The first-order valence-corrected chi connectivity index (χ1v) is 9.98. The van der Waals surface area contributed by atoms with E-state index in [-0.39, 0.29) is 11.5 Å². The van der Waals surface area contributed by atoms with Crippen LogP contribution in [-0.2, 0) is 4.74 Å². The van der Waals surface area contributed by atoms with Gasteiger partial charge in [-0.25, -0.2) is 0 Å². The minimum absolute atomic E-state index is 0.247. The predicted molar refractivity (Wildman–Crippen MR) is 118 cm³/mol. The summed E-state index contributed by atoms with van der Waals surface area (Å²) in [7, 11) is 0. The van der Waals surface area contributed by atoms with E-state index in [9.17, 15) is 14.7 Å². The van der Waals surface area contributed by atoms with Crippen molar-refractivity contribution in [3.63, 3.8) is 0 Å². The Morgan fingerprint density at radius 2 is 1.61 bits per heavy atom. The maximum Gasteiger partial charge on any atom is 0.258 e. The van der Waals surface area contributed by atoms with Gasteiger partial charge in [0, 0.05) is 28.2 Å². The summed E-state index contributed by atoms with van der Waals surface area (Å²) in [4.78, 5) is 26.5. The highest BCUT2D eigenvalue weighted by Gasteiger charge is 2.36. The van der Waals surface area contributed by atoms with Crippen LogP contribution >= 0.6 is 0 Å². The molecule has 158 valence electrons. The molecule has 1 aliphatic rings. The van der Waals surface area contributed by atoms with Crippen LogP contribution in [0, 0.1) is 0 Å². The van der Waals surface area contributed by atoms with Gasteiger partial charge in [-0.1, -0.05) is 24.3 Å². The van der Waals surface area contributed by atoms with E-state index >= 15 is 0 Å². The Labute approximate surface area is 180 Å². The molecule has 3 aromatic carbocycles. The molecule has 0 aromatic heterocycles. The molecule has 0 saturated carbocycles. The van der Waals surface area contributed by atoms with Crippen molar-refractivity contribution in [3.05, 3.63) is 90.0 Å². The summed E-state index contributed by atoms with van der Waals surface area (Å²) >= 11 is 0. The van der Waals surface area contributed by atoms with Crippen LogP contribution in [0.2, 0.25) is 0 Å². The molecule has 2 atom stereocenters. The third kappa shape index (κ3) is 4.58. The number of primary amides is 1. The quantitative estimate of drug-likeness (QED) is 0.571. The number of aliphatic hydroxyl groups is 1. The fourth-order valence-electron chi connectivity index (χ4n) is 3.62. The molecule has 0 spiro atoms. The number of hydrogen-bond donors (Lipinski definition) is 3. The molecular weight excluding hydrogens is 394 g/mol. The van der Waals surface area contributed by atoms with Gasteiger partial charge in [0.25, 0.3) is 5.91 Å². The van der Waals surface area contributed by atoms with E-state index in [4.69, 9.17) is 10.5 Å². The van der Waals surface area contributed by atoms with Crippen molar-refractivity contribution in [1.29, 1.82) is 0 Å². The van der Waals surface area contributed by atoms with Crippen LogP contribution < -0.4 is 16.0 Å². The number of nitrogens with one attached hydrogen (secondary N) is 1. The average molecular weight is 417 g/mol. The Kier molecular flexibility index (Phi) is 5.97. The number of aliphatic hydroxyl groups excluding tert-OH is 1. The van der Waals surface area contributed by atoms with Crippen LogP contribution in [0.25, 0.3) is 0 Å². The molecule has 7 nitrogen and oxygen atoms in total. The highest BCUT2D eigenvalue weighted by atomic mass is 16.6. The zero-order valence-corrected chi connectivity index (χ0v) is 16.8. The van der Waals surface area contributed by atoms with Crippen LogP contribution in [0.5, 0.6) is 0 Å². The second kappa shape index (κ2) is 8.99. The Morgan fingerprint density at radius 1 is 0.935 bits per heavy atom. The monoisotopic (exact) mass is 417 g/mol. The van der Waals surface area contributed by atoms with Gasteiger partial charge in [0.05, 0.1) is 12.6 Å². The highest BCUT2D eigenvalue weighted by Crippen LogP contribution is 2.29. The van der Waals surface area contributed by atoms with E-state index in [1.54, 1.807) is 18.2 Å². The standard InChI is InChI=1S/C24H23N3O4/c25-22(28)16-5-4-6-17(15-16)23(29)27(21-13-14-31-24(21)30)20-11-9-19(10-12-20)26-18-7-2-1-3-8-18/h1-12,15,21,24,26,30H,13-14H2,(H2,25,28). The van der Waals surface area contributed by atoms with Crippen LogP contribution in [0.1, 0.15) is 27.1 Å². The zero-order chi connectivity index (χ0) is 21.8. The molecule has 0 radical (unpaired) electrons. The molecule has 7 heteroatoms. The van der Waals surface area contributed by atoms with Crippen molar-refractivity contribution in [2.75, 3.05) is 16.8 Å². The number of carbonyl (C=O) groups excluding carboxylic acids is 2. The van der Waals surface area contributed by atoms with Crippen LogP contribution in [0.15, 0.2) is 78.9 Å². The lowest BCUT2D eigenvalue weighted by molar-refractivity contribution is -0.0667. The summed E-state index contributed by atoms with van der Waals surface area (Å²) in [5, 5.41) is 13.6. The summed E-state index contributed by atoms with van der Waals surface area (Å²) in [5.41, 5.74) is 8.34. The van der Waals surface area contributed by atoms with Gasteiger partial charge in [0.15, 0.2) is 6.29 Å². The summed E-state index contributed by atoms with van der Waals surface area (Å²) < 4.78 is 5.29. The van der Waals surface area contributed by atoms with Crippen molar-refractivity contribution in [2.45, 2.75) is 18.8 Å². The topological polar surface area (TPSA) is 105 Å². The Hall–Kier alpha value is -3.68. The molecule has 2 amide bonds.